The summed E-state index contributed by atoms with van der Waals surface area (Å²) in [4.78, 5) is 11.2. The summed E-state index contributed by atoms with van der Waals surface area (Å²) in [6, 6.07) is 5.40. The van der Waals surface area contributed by atoms with Crippen molar-refractivity contribution < 1.29 is 9.53 Å². The summed E-state index contributed by atoms with van der Waals surface area (Å²) >= 11 is 6.02. The van der Waals surface area contributed by atoms with Crippen molar-refractivity contribution in [3.8, 4) is 6.07 Å². The standard InChI is InChI=1S/C12H12ClNO2/c1-3-9-8(7-14)4-5-11(13)10(9)6-12(15)16-2/h4-5H,3,6H2,1-2H3. The molecule has 1 aromatic rings. The Morgan fingerprint density at radius 3 is 2.69 bits per heavy atom. The van der Waals surface area contributed by atoms with Gasteiger partial charge in [0.2, 0.25) is 0 Å². The zero-order chi connectivity index (χ0) is 12.1. The molecule has 0 saturated heterocycles. The molecule has 0 aromatic heterocycles. The quantitative estimate of drug-likeness (QED) is 0.759. The number of hydrogen-bond donors (Lipinski definition) is 0. The first-order valence-electron chi connectivity index (χ1n) is 4.91. The monoisotopic (exact) mass is 237 g/mol. The molecule has 0 radical (unpaired) electrons. The Morgan fingerprint density at radius 1 is 1.50 bits per heavy atom. The van der Waals surface area contributed by atoms with Crippen LogP contribution in [-0.2, 0) is 22.4 Å². The van der Waals surface area contributed by atoms with Crippen molar-refractivity contribution in [2.24, 2.45) is 0 Å². The first-order chi connectivity index (χ1) is 7.63. The summed E-state index contributed by atoms with van der Waals surface area (Å²) in [7, 11) is 1.33. The Kier molecular flexibility index (Phi) is 4.33. The lowest BCUT2D eigenvalue weighted by Gasteiger charge is -2.10. The minimum Gasteiger partial charge on any atom is -0.469 e. The largest absolute Gasteiger partial charge is 0.469 e. The Balaban J connectivity index is 3.24. The van der Waals surface area contributed by atoms with Gasteiger partial charge in [-0.3, -0.25) is 4.79 Å². The summed E-state index contributed by atoms with van der Waals surface area (Å²) in [6.45, 7) is 1.92. The molecule has 0 aliphatic rings. The van der Waals surface area contributed by atoms with Gasteiger partial charge in [0.05, 0.1) is 25.2 Å². The lowest BCUT2D eigenvalue weighted by Crippen LogP contribution is -2.08. The van der Waals surface area contributed by atoms with Gasteiger partial charge < -0.3 is 4.74 Å². The predicted octanol–water partition coefficient (Wildman–Crippen LogP) is 2.49. The molecular weight excluding hydrogens is 226 g/mol. The fraction of sp³-hybridized carbons (Fsp3) is 0.333. The molecule has 0 saturated carbocycles. The third kappa shape index (κ3) is 2.53. The number of ether oxygens (including phenoxy) is 1. The van der Waals surface area contributed by atoms with E-state index < -0.39 is 0 Å². The van der Waals surface area contributed by atoms with Gasteiger partial charge in [-0.1, -0.05) is 18.5 Å². The van der Waals surface area contributed by atoms with E-state index in [4.69, 9.17) is 16.9 Å². The van der Waals surface area contributed by atoms with Crippen LogP contribution in [0.5, 0.6) is 0 Å². The van der Waals surface area contributed by atoms with Gasteiger partial charge in [0, 0.05) is 5.02 Å². The van der Waals surface area contributed by atoms with Crippen molar-refractivity contribution in [1.82, 2.24) is 0 Å². The minimum absolute atomic E-state index is 0.105. The molecule has 0 spiro atoms. The van der Waals surface area contributed by atoms with Gasteiger partial charge in [0.25, 0.3) is 0 Å². The Labute approximate surface area is 99.6 Å². The fourth-order valence-electron chi connectivity index (χ4n) is 1.58. The van der Waals surface area contributed by atoms with Crippen LogP contribution < -0.4 is 0 Å². The average molecular weight is 238 g/mol. The summed E-state index contributed by atoms with van der Waals surface area (Å²) < 4.78 is 4.60. The highest BCUT2D eigenvalue weighted by molar-refractivity contribution is 6.31. The van der Waals surface area contributed by atoms with Gasteiger partial charge in [0.1, 0.15) is 0 Å². The predicted molar refractivity (Wildman–Crippen MR) is 61.3 cm³/mol. The van der Waals surface area contributed by atoms with Crippen LogP contribution in [-0.4, -0.2) is 13.1 Å². The molecule has 0 aliphatic carbocycles. The summed E-state index contributed by atoms with van der Waals surface area (Å²) in [5.41, 5.74) is 2.07. The van der Waals surface area contributed by atoms with Crippen molar-refractivity contribution in [2.45, 2.75) is 19.8 Å². The number of nitriles is 1. The van der Waals surface area contributed by atoms with Gasteiger partial charge in [-0.05, 0) is 29.7 Å². The first kappa shape index (κ1) is 12.5. The zero-order valence-electron chi connectivity index (χ0n) is 9.21. The molecule has 0 N–H and O–H groups in total. The molecule has 16 heavy (non-hydrogen) atoms. The number of rotatable bonds is 3. The van der Waals surface area contributed by atoms with Crippen LogP contribution in [0.1, 0.15) is 23.6 Å². The first-order valence-corrected chi connectivity index (χ1v) is 5.29. The maximum absolute atomic E-state index is 11.2. The van der Waals surface area contributed by atoms with Crippen LogP contribution in [0.4, 0.5) is 0 Å². The lowest BCUT2D eigenvalue weighted by atomic mass is 9.97. The smallest absolute Gasteiger partial charge is 0.310 e. The van der Waals surface area contributed by atoms with Crippen molar-refractivity contribution in [3.63, 3.8) is 0 Å². The summed E-state index contributed by atoms with van der Waals surface area (Å²) in [5.74, 6) is -0.355. The minimum atomic E-state index is -0.355. The van der Waals surface area contributed by atoms with Crippen LogP contribution in [0, 0.1) is 11.3 Å². The normalized spacial score (nSPS) is 9.62. The average Bonchev–Trinajstić information content (AvgIpc) is 2.31. The maximum Gasteiger partial charge on any atom is 0.310 e. The van der Waals surface area contributed by atoms with E-state index in [0.717, 1.165) is 5.56 Å². The molecular formula is C12H12ClNO2. The number of carbonyl (C=O) groups is 1. The summed E-state index contributed by atoms with van der Waals surface area (Å²) in [5, 5.41) is 9.45. The van der Waals surface area contributed by atoms with Crippen LogP contribution >= 0.6 is 11.6 Å². The number of carbonyl (C=O) groups excluding carboxylic acids is 1. The third-order valence-electron chi connectivity index (χ3n) is 2.40. The number of hydrogen-bond acceptors (Lipinski definition) is 3. The molecule has 0 amide bonds. The summed E-state index contributed by atoms with van der Waals surface area (Å²) in [6.07, 6.45) is 0.768. The molecule has 0 fully saturated rings. The number of nitrogens with zero attached hydrogens (tertiary/aromatic N) is 1. The van der Waals surface area contributed by atoms with E-state index >= 15 is 0 Å². The Bertz CT molecular complexity index is 449. The lowest BCUT2D eigenvalue weighted by molar-refractivity contribution is -0.139. The van der Waals surface area contributed by atoms with E-state index in [-0.39, 0.29) is 12.4 Å². The molecule has 4 heteroatoms. The van der Waals surface area contributed by atoms with Crippen molar-refractivity contribution in [2.75, 3.05) is 7.11 Å². The van der Waals surface area contributed by atoms with E-state index in [0.29, 0.717) is 22.6 Å². The molecule has 3 nitrogen and oxygen atoms in total. The van der Waals surface area contributed by atoms with Crippen LogP contribution in [0.3, 0.4) is 0 Å². The van der Waals surface area contributed by atoms with Gasteiger partial charge >= 0.3 is 5.97 Å². The highest BCUT2D eigenvalue weighted by Crippen LogP contribution is 2.24. The molecule has 1 rings (SSSR count). The molecule has 0 unspecified atom stereocenters. The van der Waals surface area contributed by atoms with Crippen molar-refractivity contribution in [3.05, 3.63) is 33.8 Å². The van der Waals surface area contributed by atoms with Crippen LogP contribution in [0.25, 0.3) is 0 Å². The molecule has 0 heterocycles. The number of methoxy groups -OCH3 is 1. The second-order valence-corrected chi connectivity index (χ2v) is 3.68. The SMILES string of the molecule is CCc1c(C#N)ccc(Cl)c1CC(=O)OC. The molecule has 0 aliphatic heterocycles. The molecule has 1 aromatic carbocycles. The van der Waals surface area contributed by atoms with E-state index in [2.05, 4.69) is 10.8 Å². The van der Waals surface area contributed by atoms with Crippen molar-refractivity contribution in [1.29, 1.82) is 5.26 Å². The Morgan fingerprint density at radius 2 is 2.19 bits per heavy atom. The number of halogens is 1. The van der Waals surface area contributed by atoms with E-state index in [9.17, 15) is 4.79 Å². The van der Waals surface area contributed by atoms with E-state index in [1.54, 1.807) is 12.1 Å². The topological polar surface area (TPSA) is 50.1 Å². The zero-order valence-corrected chi connectivity index (χ0v) is 9.97. The van der Waals surface area contributed by atoms with Crippen LogP contribution in [0.2, 0.25) is 5.02 Å². The third-order valence-corrected chi connectivity index (χ3v) is 2.75. The van der Waals surface area contributed by atoms with Crippen molar-refractivity contribution >= 4 is 17.6 Å². The Hall–Kier alpha value is -1.53. The van der Waals surface area contributed by atoms with Crippen LogP contribution in [0.15, 0.2) is 12.1 Å². The number of benzene rings is 1. The fourth-order valence-corrected chi connectivity index (χ4v) is 1.82. The second-order valence-electron chi connectivity index (χ2n) is 3.27. The van der Waals surface area contributed by atoms with Gasteiger partial charge in [-0.15, -0.1) is 0 Å². The highest BCUT2D eigenvalue weighted by atomic mass is 35.5. The molecule has 0 bridgehead atoms. The second kappa shape index (κ2) is 5.53. The van der Waals surface area contributed by atoms with E-state index in [1.807, 2.05) is 6.92 Å². The molecule has 0 atom stereocenters. The maximum atomic E-state index is 11.2. The van der Waals surface area contributed by atoms with Gasteiger partial charge in [0.15, 0.2) is 0 Å². The highest BCUT2D eigenvalue weighted by Gasteiger charge is 2.14. The van der Waals surface area contributed by atoms with Gasteiger partial charge in [-0.2, -0.15) is 5.26 Å². The molecule has 84 valence electrons. The van der Waals surface area contributed by atoms with Gasteiger partial charge in [-0.25, -0.2) is 0 Å². The van der Waals surface area contributed by atoms with E-state index in [1.165, 1.54) is 7.11 Å². The number of esters is 1.